The molecule has 0 bridgehead atoms. The van der Waals surface area contributed by atoms with E-state index < -0.39 is 10.2 Å². The second kappa shape index (κ2) is 8.34. The molecular weight excluding hydrogens is 328 g/mol. The molecule has 1 aliphatic heterocycles. The van der Waals surface area contributed by atoms with Crippen molar-refractivity contribution in [2.45, 2.75) is 26.2 Å². The maximum atomic E-state index is 12.6. The van der Waals surface area contributed by atoms with Gasteiger partial charge < -0.3 is 9.64 Å². The fourth-order valence-corrected chi connectivity index (χ4v) is 3.87. The van der Waals surface area contributed by atoms with Gasteiger partial charge in [0.25, 0.3) is 0 Å². The highest BCUT2D eigenvalue weighted by molar-refractivity contribution is 7.87. The Labute approximate surface area is 144 Å². The van der Waals surface area contributed by atoms with E-state index in [2.05, 4.69) is 9.71 Å². The number of rotatable bonds is 5. The van der Waals surface area contributed by atoms with Crippen molar-refractivity contribution >= 4 is 21.9 Å². The van der Waals surface area contributed by atoms with E-state index in [4.69, 9.17) is 4.74 Å². The van der Waals surface area contributed by atoms with E-state index in [1.807, 2.05) is 31.2 Å². The molecule has 0 radical (unpaired) electrons. The van der Waals surface area contributed by atoms with Gasteiger partial charge in [0.2, 0.25) is 5.96 Å². The largest absolute Gasteiger partial charge is 0.497 e. The van der Waals surface area contributed by atoms with Gasteiger partial charge in [0.15, 0.2) is 0 Å². The van der Waals surface area contributed by atoms with Crippen molar-refractivity contribution in [2.24, 2.45) is 4.99 Å². The number of aliphatic imine (C=N–C) groups is 1. The molecule has 1 saturated heterocycles. The maximum Gasteiger partial charge on any atom is 0.303 e. The van der Waals surface area contributed by atoms with Gasteiger partial charge >= 0.3 is 10.2 Å². The number of piperidine rings is 1. The smallest absolute Gasteiger partial charge is 0.303 e. The van der Waals surface area contributed by atoms with Gasteiger partial charge in [-0.1, -0.05) is 6.42 Å². The van der Waals surface area contributed by atoms with Crippen LogP contribution in [0, 0.1) is 0 Å². The first-order valence-electron chi connectivity index (χ1n) is 8.18. The van der Waals surface area contributed by atoms with Gasteiger partial charge in [-0.25, -0.2) is 4.72 Å². The standard InChI is InChI=1S/C16H26N4O3S/c1-4-17-16(18-24(21,22)20-12-6-5-7-13-20)19(2)14-8-10-15(23-3)11-9-14/h8-11H,4-7,12-13H2,1-3H3,(H,17,18). The topological polar surface area (TPSA) is 74.2 Å². The third-order valence-electron chi connectivity index (χ3n) is 3.96. The van der Waals surface area contributed by atoms with Crippen LogP contribution in [0.1, 0.15) is 26.2 Å². The molecule has 134 valence electrons. The monoisotopic (exact) mass is 354 g/mol. The van der Waals surface area contributed by atoms with Gasteiger partial charge in [-0.2, -0.15) is 12.7 Å². The fourth-order valence-electron chi connectivity index (χ4n) is 2.57. The van der Waals surface area contributed by atoms with Gasteiger partial charge in [0.05, 0.1) is 7.11 Å². The predicted molar refractivity (Wildman–Crippen MR) is 96.9 cm³/mol. The number of anilines is 1. The zero-order valence-corrected chi connectivity index (χ0v) is 15.3. The summed E-state index contributed by atoms with van der Waals surface area (Å²) in [6, 6.07) is 7.38. The molecule has 1 fully saturated rings. The Morgan fingerprint density at radius 3 is 2.42 bits per heavy atom. The molecule has 8 heteroatoms. The number of methoxy groups -OCH3 is 1. The zero-order chi connectivity index (χ0) is 17.6. The maximum absolute atomic E-state index is 12.6. The van der Waals surface area contributed by atoms with Crippen LogP contribution in [-0.2, 0) is 10.2 Å². The Kier molecular flexibility index (Phi) is 6.44. The van der Waals surface area contributed by atoms with Crippen molar-refractivity contribution in [3.8, 4) is 5.75 Å². The summed E-state index contributed by atoms with van der Waals surface area (Å²) in [5.41, 5.74) is 0.823. The molecule has 1 aromatic carbocycles. The summed E-state index contributed by atoms with van der Waals surface area (Å²) in [6.45, 7) is 3.47. The molecule has 1 N–H and O–H groups in total. The summed E-state index contributed by atoms with van der Waals surface area (Å²) in [4.78, 5) is 6.04. The molecule has 0 aromatic heterocycles. The van der Waals surface area contributed by atoms with E-state index in [1.165, 1.54) is 4.31 Å². The molecule has 2 rings (SSSR count). The van der Waals surface area contributed by atoms with Crippen LogP contribution in [0.15, 0.2) is 29.3 Å². The molecule has 0 aliphatic carbocycles. The molecule has 0 unspecified atom stereocenters. The van der Waals surface area contributed by atoms with E-state index in [0.29, 0.717) is 25.6 Å². The van der Waals surface area contributed by atoms with Crippen molar-refractivity contribution in [3.63, 3.8) is 0 Å². The summed E-state index contributed by atoms with van der Waals surface area (Å²) >= 11 is 0. The van der Waals surface area contributed by atoms with Crippen LogP contribution in [0.5, 0.6) is 5.75 Å². The number of ether oxygens (including phenoxy) is 1. The van der Waals surface area contributed by atoms with Crippen LogP contribution in [0.2, 0.25) is 0 Å². The Balaban J connectivity index is 2.17. The van der Waals surface area contributed by atoms with E-state index >= 15 is 0 Å². The fraction of sp³-hybridized carbons (Fsp3) is 0.562. The Morgan fingerprint density at radius 1 is 1.25 bits per heavy atom. The molecule has 1 heterocycles. The van der Waals surface area contributed by atoms with Crippen molar-refractivity contribution in [2.75, 3.05) is 38.7 Å². The molecule has 0 saturated carbocycles. The summed E-state index contributed by atoms with van der Waals surface area (Å²) in [7, 11) is -0.191. The van der Waals surface area contributed by atoms with Gasteiger partial charge in [-0.05, 0) is 44.0 Å². The Morgan fingerprint density at radius 2 is 1.88 bits per heavy atom. The van der Waals surface area contributed by atoms with Crippen molar-refractivity contribution in [1.29, 1.82) is 0 Å². The van der Waals surface area contributed by atoms with Crippen molar-refractivity contribution in [3.05, 3.63) is 24.3 Å². The summed E-state index contributed by atoms with van der Waals surface area (Å²) in [5, 5.41) is 0. The van der Waals surface area contributed by atoms with Crippen LogP contribution in [-0.4, -0.2) is 52.5 Å². The molecular formula is C16H26N4O3S. The van der Waals surface area contributed by atoms with Gasteiger partial charge in [-0.3, -0.25) is 4.99 Å². The van der Waals surface area contributed by atoms with E-state index in [1.54, 1.807) is 19.1 Å². The zero-order valence-electron chi connectivity index (χ0n) is 14.5. The van der Waals surface area contributed by atoms with Gasteiger partial charge in [-0.15, -0.1) is 0 Å². The van der Waals surface area contributed by atoms with Gasteiger partial charge in [0.1, 0.15) is 5.75 Å². The minimum absolute atomic E-state index is 0.313. The average molecular weight is 354 g/mol. The highest BCUT2D eigenvalue weighted by Crippen LogP contribution is 2.19. The minimum Gasteiger partial charge on any atom is -0.497 e. The third-order valence-corrected chi connectivity index (χ3v) is 5.45. The SMILES string of the molecule is CCN=C(NS(=O)(=O)N1CCCCC1)N(C)c1ccc(OC)cc1. The normalized spacial score (nSPS) is 16.7. The molecule has 0 amide bonds. The lowest BCUT2D eigenvalue weighted by atomic mass is 10.2. The summed E-state index contributed by atoms with van der Waals surface area (Å²) in [5.74, 6) is 1.06. The van der Waals surface area contributed by atoms with Crippen LogP contribution < -0.4 is 14.4 Å². The number of hydrogen-bond donors (Lipinski definition) is 1. The quantitative estimate of drug-likeness (QED) is 0.647. The number of benzene rings is 1. The van der Waals surface area contributed by atoms with Crippen LogP contribution in [0.3, 0.4) is 0 Å². The first kappa shape index (κ1) is 18.5. The third kappa shape index (κ3) is 4.61. The van der Waals surface area contributed by atoms with Crippen LogP contribution >= 0.6 is 0 Å². The molecule has 7 nitrogen and oxygen atoms in total. The second-order valence-electron chi connectivity index (χ2n) is 5.62. The Bertz CT molecular complexity index is 652. The second-order valence-corrected chi connectivity index (χ2v) is 7.29. The van der Waals surface area contributed by atoms with Crippen molar-refractivity contribution < 1.29 is 13.2 Å². The lowest BCUT2D eigenvalue weighted by Crippen LogP contribution is -2.50. The number of nitrogens with one attached hydrogen (secondary N) is 1. The predicted octanol–water partition coefficient (Wildman–Crippen LogP) is 1.83. The number of guanidine groups is 1. The Hall–Kier alpha value is -1.80. The van der Waals surface area contributed by atoms with Crippen LogP contribution in [0.4, 0.5) is 5.69 Å². The first-order valence-corrected chi connectivity index (χ1v) is 9.62. The number of hydrogen-bond acceptors (Lipinski definition) is 4. The highest BCUT2D eigenvalue weighted by Gasteiger charge is 2.26. The lowest BCUT2D eigenvalue weighted by Gasteiger charge is -2.29. The van der Waals surface area contributed by atoms with E-state index in [9.17, 15) is 8.42 Å². The number of nitrogens with zero attached hydrogens (tertiary/aromatic N) is 3. The van der Waals surface area contributed by atoms with Crippen molar-refractivity contribution in [1.82, 2.24) is 9.03 Å². The minimum atomic E-state index is -3.58. The molecule has 1 aromatic rings. The first-order chi connectivity index (χ1) is 11.5. The van der Waals surface area contributed by atoms with E-state index in [-0.39, 0.29) is 0 Å². The summed E-state index contributed by atoms with van der Waals surface area (Å²) < 4.78 is 34.5. The van der Waals surface area contributed by atoms with Crippen LogP contribution in [0.25, 0.3) is 0 Å². The van der Waals surface area contributed by atoms with E-state index in [0.717, 1.165) is 30.7 Å². The average Bonchev–Trinajstić information content (AvgIpc) is 2.61. The van der Waals surface area contributed by atoms with Gasteiger partial charge in [0, 0.05) is 32.4 Å². The molecule has 0 atom stereocenters. The highest BCUT2D eigenvalue weighted by atomic mass is 32.2. The summed E-state index contributed by atoms with van der Waals surface area (Å²) in [6.07, 6.45) is 2.87. The molecule has 0 spiro atoms. The molecule has 1 aliphatic rings. The lowest BCUT2D eigenvalue weighted by molar-refractivity contribution is 0.345. The molecule has 24 heavy (non-hydrogen) atoms.